The molecule has 2 aromatic rings. The van der Waals surface area contributed by atoms with Crippen molar-refractivity contribution >= 4 is 0 Å². The van der Waals surface area contributed by atoms with E-state index in [-0.39, 0.29) is 13.2 Å². The summed E-state index contributed by atoms with van der Waals surface area (Å²) in [7, 11) is 7.97. The first-order valence-corrected chi connectivity index (χ1v) is 9.96. The van der Waals surface area contributed by atoms with Gasteiger partial charge in [0.2, 0.25) is 11.5 Å². The number of ether oxygens (including phenoxy) is 7. The minimum absolute atomic E-state index is 0.0206. The second-order valence-electron chi connectivity index (χ2n) is 6.55. The van der Waals surface area contributed by atoms with E-state index in [1.165, 1.54) is 0 Å². The van der Waals surface area contributed by atoms with E-state index in [1.54, 1.807) is 35.5 Å². The molecule has 1 N–H and O–H groups in total. The Morgan fingerprint density at radius 1 is 0.581 bits per heavy atom. The van der Waals surface area contributed by atoms with Crippen molar-refractivity contribution < 1.29 is 38.3 Å². The Kier molecular flexibility index (Phi) is 10.1. The Balaban J connectivity index is 2.16. The van der Waals surface area contributed by atoms with Crippen LogP contribution in [0, 0.1) is 0 Å². The summed E-state index contributed by atoms with van der Waals surface area (Å²) in [6.07, 6.45) is 1.49. The van der Waals surface area contributed by atoms with Crippen molar-refractivity contribution in [3.63, 3.8) is 0 Å². The molecule has 0 saturated heterocycles. The summed E-state index contributed by atoms with van der Waals surface area (Å²) < 4.78 is 38.3. The van der Waals surface area contributed by atoms with Crippen LogP contribution in [0.3, 0.4) is 0 Å². The molecule has 2 aromatic carbocycles. The van der Waals surface area contributed by atoms with Crippen LogP contribution < -0.4 is 28.4 Å². The molecule has 8 nitrogen and oxygen atoms in total. The summed E-state index contributed by atoms with van der Waals surface area (Å²) in [5.41, 5.74) is 2.08. The molecule has 0 unspecified atom stereocenters. The maximum atomic E-state index is 8.77. The van der Waals surface area contributed by atoms with Crippen LogP contribution in [-0.4, -0.2) is 67.1 Å². The van der Waals surface area contributed by atoms with Crippen molar-refractivity contribution in [3.05, 3.63) is 35.4 Å². The molecule has 0 atom stereocenters. The Morgan fingerprint density at radius 3 is 1.42 bits per heavy atom. The Morgan fingerprint density at radius 2 is 1.03 bits per heavy atom. The summed E-state index contributed by atoms with van der Waals surface area (Å²) >= 11 is 0. The second kappa shape index (κ2) is 12.8. The molecule has 0 spiro atoms. The first kappa shape index (κ1) is 24.4. The molecular formula is C23H32O8. The summed E-state index contributed by atoms with van der Waals surface area (Å²) in [4.78, 5) is 0. The highest BCUT2D eigenvalue weighted by molar-refractivity contribution is 5.55. The molecule has 0 aliphatic carbocycles. The van der Waals surface area contributed by atoms with Crippen LogP contribution in [0.1, 0.15) is 11.1 Å². The number of aliphatic hydroxyl groups is 1. The smallest absolute Gasteiger partial charge is 0.203 e. The van der Waals surface area contributed by atoms with E-state index < -0.39 is 0 Å². The third-order valence-electron chi connectivity index (χ3n) is 4.66. The van der Waals surface area contributed by atoms with Crippen LogP contribution in [0.5, 0.6) is 34.5 Å². The molecule has 8 heteroatoms. The minimum atomic E-state index is -0.0206. The number of methoxy groups -OCH3 is 5. The molecule has 0 saturated carbocycles. The number of rotatable bonds is 14. The van der Waals surface area contributed by atoms with Crippen molar-refractivity contribution in [2.75, 3.05) is 62.0 Å². The molecule has 0 aliphatic rings. The SMILES string of the molecule is COc1cc(CCc2cc(OC)c(OCCOCCO)c(OC)c2)cc(OC)c1OC. The van der Waals surface area contributed by atoms with Gasteiger partial charge in [0.25, 0.3) is 0 Å². The Bertz CT molecular complexity index is 771. The number of aryl methyl sites for hydroxylation is 2. The lowest BCUT2D eigenvalue weighted by Crippen LogP contribution is -2.10. The monoisotopic (exact) mass is 436 g/mol. The Labute approximate surface area is 183 Å². The summed E-state index contributed by atoms with van der Waals surface area (Å²) in [6.45, 7) is 0.929. The average molecular weight is 437 g/mol. The van der Waals surface area contributed by atoms with E-state index in [0.29, 0.717) is 47.7 Å². The van der Waals surface area contributed by atoms with E-state index in [4.69, 9.17) is 38.3 Å². The van der Waals surface area contributed by atoms with Gasteiger partial charge in [-0.1, -0.05) is 0 Å². The normalized spacial score (nSPS) is 10.5. The van der Waals surface area contributed by atoms with Crippen molar-refractivity contribution in [3.8, 4) is 34.5 Å². The Hall–Kier alpha value is -2.84. The summed E-state index contributed by atoms with van der Waals surface area (Å²) in [5.74, 6) is 3.51. The predicted molar refractivity (Wildman–Crippen MR) is 116 cm³/mol. The van der Waals surface area contributed by atoms with E-state index in [0.717, 1.165) is 24.0 Å². The van der Waals surface area contributed by atoms with Crippen LogP contribution in [0.25, 0.3) is 0 Å². The molecule has 0 fully saturated rings. The van der Waals surface area contributed by atoms with Gasteiger partial charge in [-0.25, -0.2) is 0 Å². The van der Waals surface area contributed by atoms with Crippen molar-refractivity contribution in [2.45, 2.75) is 12.8 Å². The molecule has 0 bridgehead atoms. The van der Waals surface area contributed by atoms with Gasteiger partial charge in [0, 0.05) is 0 Å². The highest BCUT2D eigenvalue weighted by Gasteiger charge is 2.16. The van der Waals surface area contributed by atoms with E-state index >= 15 is 0 Å². The van der Waals surface area contributed by atoms with Gasteiger partial charge in [-0.2, -0.15) is 0 Å². The molecule has 0 radical (unpaired) electrons. The zero-order valence-corrected chi connectivity index (χ0v) is 18.9. The standard InChI is InChI=1S/C23H32O8/c1-25-18-12-16(13-19(26-2)22(18)29-5)6-7-17-14-20(27-3)23(21(15-17)28-4)31-11-10-30-9-8-24/h12-15,24H,6-11H2,1-5H3. The third-order valence-corrected chi connectivity index (χ3v) is 4.66. The zero-order chi connectivity index (χ0) is 22.6. The fourth-order valence-corrected chi connectivity index (χ4v) is 3.16. The second-order valence-corrected chi connectivity index (χ2v) is 6.55. The minimum Gasteiger partial charge on any atom is -0.493 e. The molecule has 31 heavy (non-hydrogen) atoms. The fourth-order valence-electron chi connectivity index (χ4n) is 3.16. The number of benzene rings is 2. The van der Waals surface area contributed by atoms with E-state index in [1.807, 2.05) is 24.3 Å². The molecule has 0 heterocycles. The lowest BCUT2D eigenvalue weighted by atomic mass is 10.0. The number of hydrogen-bond acceptors (Lipinski definition) is 8. The maximum absolute atomic E-state index is 8.77. The third kappa shape index (κ3) is 6.57. The largest absolute Gasteiger partial charge is 0.493 e. The van der Waals surface area contributed by atoms with Gasteiger partial charge in [-0.05, 0) is 48.2 Å². The topological polar surface area (TPSA) is 84.8 Å². The summed E-state index contributed by atoms with van der Waals surface area (Å²) in [5, 5.41) is 8.77. The molecule has 0 amide bonds. The van der Waals surface area contributed by atoms with E-state index in [2.05, 4.69) is 0 Å². The first-order valence-electron chi connectivity index (χ1n) is 9.96. The van der Waals surface area contributed by atoms with Gasteiger partial charge in [0.1, 0.15) is 6.61 Å². The lowest BCUT2D eigenvalue weighted by Gasteiger charge is -2.17. The van der Waals surface area contributed by atoms with Crippen molar-refractivity contribution in [1.82, 2.24) is 0 Å². The molecular weight excluding hydrogens is 404 g/mol. The highest BCUT2D eigenvalue weighted by atomic mass is 16.6. The molecule has 0 aromatic heterocycles. The van der Waals surface area contributed by atoms with Crippen LogP contribution in [0.2, 0.25) is 0 Å². The van der Waals surface area contributed by atoms with Gasteiger partial charge in [-0.3, -0.25) is 0 Å². The van der Waals surface area contributed by atoms with Crippen LogP contribution in [0.15, 0.2) is 24.3 Å². The van der Waals surface area contributed by atoms with Gasteiger partial charge in [0.05, 0.1) is 55.4 Å². The van der Waals surface area contributed by atoms with Crippen LogP contribution in [0.4, 0.5) is 0 Å². The quantitative estimate of drug-likeness (QED) is 0.453. The first-order chi connectivity index (χ1) is 15.1. The fraction of sp³-hybridized carbons (Fsp3) is 0.478. The van der Waals surface area contributed by atoms with Crippen molar-refractivity contribution in [1.29, 1.82) is 0 Å². The maximum Gasteiger partial charge on any atom is 0.203 e. The lowest BCUT2D eigenvalue weighted by molar-refractivity contribution is 0.0692. The van der Waals surface area contributed by atoms with Crippen LogP contribution in [-0.2, 0) is 17.6 Å². The van der Waals surface area contributed by atoms with Gasteiger partial charge in [0.15, 0.2) is 23.0 Å². The molecule has 0 aliphatic heterocycles. The molecule has 2 rings (SSSR count). The summed E-state index contributed by atoms with van der Waals surface area (Å²) in [6, 6.07) is 7.76. The predicted octanol–water partition coefficient (Wildman–Crippen LogP) is 2.90. The van der Waals surface area contributed by atoms with Gasteiger partial charge < -0.3 is 38.3 Å². The van der Waals surface area contributed by atoms with Gasteiger partial charge in [-0.15, -0.1) is 0 Å². The van der Waals surface area contributed by atoms with Crippen molar-refractivity contribution in [2.24, 2.45) is 0 Å². The highest BCUT2D eigenvalue weighted by Crippen LogP contribution is 2.40. The van der Waals surface area contributed by atoms with Gasteiger partial charge >= 0.3 is 0 Å². The zero-order valence-electron chi connectivity index (χ0n) is 18.9. The van der Waals surface area contributed by atoms with Crippen LogP contribution >= 0.6 is 0 Å². The molecule has 172 valence electrons. The number of aliphatic hydroxyl groups excluding tert-OH is 1. The van der Waals surface area contributed by atoms with E-state index in [9.17, 15) is 0 Å². The number of hydrogen-bond donors (Lipinski definition) is 1. The average Bonchev–Trinajstić information content (AvgIpc) is 2.81.